The molecule has 88 valence electrons. The lowest BCUT2D eigenvalue weighted by molar-refractivity contribution is 0.0996. The van der Waals surface area contributed by atoms with Gasteiger partial charge in [-0.3, -0.25) is 4.79 Å². The number of rotatable bonds is 2. The lowest BCUT2D eigenvalue weighted by atomic mass is 10.2. The molecule has 0 fully saturated rings. The van der Waals surface area contributed by atoms with Crippen molar-refractivity contribution >= 4 is 29.0 Å². The van der Waals surface area contributed by atoms with Crippen LogP contribution in [0.25, 0.3) is 5.69 Å². The molecule has 0 atom stereocenters. The van der Waals surface area contributed by atoms with E-state index < -0.39 is 5.91 Å². The van der Waals surface area contributed by atoms with E-state index in [9.17, 15) is 4.79 Å². The number of carbonyl (C=O) groups is 1. The number of nitrogens with two attached hydrogens (primary N) is 3. The quantitative estimate of drug-likeness (QED) is 0.658. The van der Waals surface area contributed by atoms with Gasteiger partial charge in [0.1, 0.15) is 0 Å². The zero-order valence-electron chi connectivity index (χ0n) is 8.59. The van der Waals surface area contributed by atoms with Crippen molar-refractivity contribution in [2.75, 3.05) is 11.5 Å². The molecule has 1 amide bonds. The molecule has 2 aromatic rings. The summed E-state index contributed by atoms with van der Waals surface area (Å²) in [5.41, 5.74) is 17.3. The molecular weight excluding hydrogens is 244 g/mol. The molecule has 7 nitrogen and oxygen atoms in total. The summed E-state index contributed by atoms with van der Waals surface area (Å²) in [4.78, 5) is 11.0. The Hall–Kier alpha value is -2.28. The standard InChI is InChI=1S/C9H9ClN6O/c10-4-1-2-6(5(11)3-4)16-8(12)7(9(13)17)14-15-16/h1-3H,11-12H2,(H2,13,17). The highest BCUT2D eigenvalue weighted by molar-refractivity contribution is 6.30. The zero-order valence-corrected chi connectivity index (χ0v) is 9.35. The van der Waals surface area contributed by atoms with Gasteiger partial charge in [-0.25, -0.2) is 0 Å². The van der Waals surface area contributed by atoms with Crippen LogP contribution in [0.5, 0.6) is 0 Å². The van der Waals surface area contributed by atoms with Gasteiger partial charge in [-0.2, -0.15) is 4.68 Å². The van der Waals surface area contributed by atoms with Crippen LogP contribution in [0.2, 0.25) is 5.02 Å². The highest BCUT2D eigenvalue weighted by Gasteiger charge is 2.16. The van der Waals surface area contributed by atoms with Crippen LogP contribution in [0, 0.1) is 0 Å². The smallest absolute Gasteiger partial charge is 0.273 e. The Morgan fingerprint density at radius 1 is 1.35 bits per heavy atom. The van der Waals surface area contributed by atoms with Gasteiger partial charge in [0.05, 0.1) is 11.4 Å². The molecule has 0 aliphatic rings. The molecule has 0 saturated heterocycles. The van der Waals surface area contributed by atoms with Crippen LogP contribution in [0.15, 0.2) is 18.2 Å². The third-order valence-corrected chi connectivity index (χ3v) is 2.39. The first kappa shape index (κ1) is 11.2. The van der Waals surface area contributed by atoms with Crippen LogP contribution in [0.3, 0.4) is 0 Å². The maximum absolute atomic E-state index is 11.0. The number of hydrogen-bond donors (Lipinski definition) is 3. The fourth-order valence-corrected chi connectivity index (χ4v) is 1.54. The van der Waals surface area contributed by atoms with E-state index in [1.54, 1.807) is 18.2 Å². The number of halogens is 1. The van der Waals surface area contributed by atoms with Gasteiger partial charge >= 0.3 is 0 Å². The van der Waals surface area contributed by atoms with E-state index >= 15 is 0 Å². The molecule has 6 N–H and O–H groups in total. The van der Waals surface area contributed by atoms with Crippen molar-refractivity contribution in [3.8, 4) is 5.69 Å². The van der Waals surface area contributed by atoms with Crippen molar-refractivity contribution in [2.45, 2.75) is 0 Å². The number of benzene rings is 1. The Bertz CT molecular complexity index is 593. The van der Waals surface area contributed by atoms with Gasteiger partial charge in [-0.15, -0.1) is 5.10 Å². The molecule has 0 spiro atoms. The lowest BCUT2D eigenvalue weighted by Gasteiger charge is -2.06. The second kappa shape index (κ2) is 3.95. The number of hydrogen-bond acceptors (Lipinski definition) is 5. The molecule has 1 aromatic carbocycles. The zero-order chi connectivity index (χ0) is 12.6. The molecule has 0 saturated carbocycles. The normalized spacial score (nSPS) is 10.4. The van der Waals surface area contributed by atoms with Gasteiger partial charge in [0.25, 0.3) is 5.91 Å². The predicted molar refractivity (Wildman–Crippen MR) is 63.7 cm³/mol. The molecule has 2 rings (SSSR count). The third-order valence-electron chi connectivity index (χ3n) is 2.16. The second-order valence-electron chi connectivity index (χ2n) is 3.30. The molecule has 1 heterocycles. The minimum Gasteiger partial charge on any atom is -0.397 e. The van der Waals surface area contributed by atoms with Crippen LogP contribution in [0.1, 0.15) is 10.5 Å². The van der Waals surface area contributed by atoms with Crippen molar-refractivity contribution in [2.24, 2.45) is 5.73 Å². The minimum atomic E-state index is -0.749. The first-order chi connectivity index (χ1) is 8.00. The van der Waals surface area contributed by atoms with Crippen LogP contribution in [-0.4, -0.2) is 20.9 Å². The number of amides is 1. The van der Waals surface area contributed by atoms with E-state index in [1.807, 2.05) is 0 Å². The summed E-state index contributed by atoms with van der Waals surface area (Å²) in [7, 11) is 0. The first-order valence-electron chi connectivity index (χ1n) is 4.57. The second-order valence-corrected chi connectivity index (χ2v) is 3.74. The minimum absolute atomic E-state index is 0.0338. The average Bonchev–Trinajstić information content (AvgIpc) is 2.60. The van der Waals surface area contributed by atoms with E-state index in [0.29, 0.717) is 16.4 Å². The molecule has 1 aromatic heterocycles. The monoisotopic (exact) mass is 252 g/mol. The lowest BCUT2D eigenvalue weighted by Crippen LogP contribution is -2.14. The Kier molecular flexibility index (Phi) is 2.60. The highest BCUT2D eigenvalue weighted by atomic mass is 35.5. The summed E-state index contributed by atoms with van der Waals surface area (Å²) in [5, 5.41) is 7.78. The largest absolute Gasteiger partial charge is 0.397 e. The Morgan fingerprint density at radius 3 is 2.59 bits per heavy atom. The van der Waals surface area contributed by atoms with Crippen LogP contribution >= 0.6 is 11.6 Å². The van der Waals surface area contributed by atoms with Crippen LogP contribution in [-0.2, 0) is 0 Å². The number of nitrogen functional groups attached to an aromatic ring is 2. The number of nitrogens with zero attached hydrogens (tertiary/aromatic N) is 3. The van der Waals surface area contributed by atoms with Gasteiger partial charge in [-0.05, 0) is 18.2 Å². The van der Waals surface area contributed by atoms with E-state index in [-0.39, 0.29) is 11.5 Å². The van der Waals surface area contributed by atoms with Gasteiger partial charge in [0.15, 0.2) is 11.5 Å². The first-order valence-corrected chi connectivity index (χ1v) is 4.95. The summed E-state index contributed by atoms with van der Waals surface area (Å²) in [6.45, 7) is 0. The number of anilines is 2. The van der Waals surface area contributed by atoms with E-state index in [2.05, 4.69) is 10.3 Å². The predicted octanol–water partition coefficient (Wildman–Crippen LogP) is 0.184. The van der Waals surface area contributed by atoms with E-state index in [4.69, 9.17) is 28.8 Å². The number of primary amides is 1. The van der Waals surface area contributed by atoms with Crippen molar-refractivity contribution in [3.05, 3.63) is 28.9 Å². The van der Waals surface area contributed by atoms with Crippen molar-refractivity contribution in [1.82, 2.24) is 15.0 Å². The number of carbonyl (C=O) groups excluding carboxylic acids is 1. The molecule has 0 aliphatic carbocycles. The van der Waals surface area contributed by atoms with Gasteiger partial charge in [0, 0.05) is 5.02 Å². The Balaban J connectivity index is 2.57. The van der Waals surface area contributed by atoms with Crippen LogP contribution < -0.4 is 17.2 Å². The molecule has 8 heteroatoms. The fourth-order valence-electron chi connectivity index (χ4n) is 1.36. The molecule has 0 unspecified atom stereocenters. The third kappa shape index (κ3) is 1.87. The molecule has 0 aliphatic heterocycles. The van der Waals surface area contributed by atoms with Gasteiger partial charge in [-0.1, -0.05) is 16.8 Å². The average molecular weight is 253 g/mol. The fraction of sp³-hybridized carbons (Fsp3) is 0. The molecular formula is C9H9ClN6O. The highest BCUT2D eigenvalue weighted by Crippen LogP contribution is 2.23. The van der Waals surface area contributed by atoms with Gasteiger partial charge in [0.2, 0.25) is 0 Å². The summed E-state index contributed by atoms with van der Waals surface area (Å²) in [6, 6.07) is 4.79. The molecule has 0 bridgehead atoms. The van der Waals surface area contributed by atoms with Crippen LogP contribution in [0.4, 0.5) is 11.5 Å². The molecule has 17 heavy (non-hydrogen) atoms. The van der Waals surface area contributed by atoms with Crippen molar-refractivity contribution < 1.29 is 4.79 Å². The summed E-state index contributed by atoms with van der Waals surface area (Å²) in [6.07, 6.45) is 0. The Morgan fingerprint density at radius 2 is 2.06 bits per heavy atom. The van der Waals surface area contributed by atoms with Crippen molar-refractivity contribution in [3.63, 3.8) is 0 Å². The maximum atomic E-state index is 11.0. The topological polar surface area (TPSA) is 126 Å². The summed E-state index contributed by atoms with van der Waals surface area (Å²) >= 11 is 5.77. The van der Waals surface area contributed by atoms with E-state index in [1.165, 1.54) is 4.68 Å². The number of aromatic nitrogens is 3. The van der Waals surface area contributed by atoms with E-state index in [0.717, 1.165) is 0 Å². The SMILES string of the molecule is NC(=O)c1nnn(-c2ccc(Cl)cc2N)c1N. The molecule has 0 radical (unpaired) electrons. The summed E-state index contributed by atoms with van der Waals surface area (Å²) in [5.74, 6) is -0.715. The summed E-state index contributed by atoms with van der Waals surface area (Å²) < 4.78 is 1.23. The van der Waals surface area contributed by atoms with Gasteiger partial charge < -0.3 is 17.2 Å². The van der Waals surface area contributed by atoms with Crippen molar-refractivity contribution in [1.29, 1.82) is 0 Å². The Labute approximate surface area is 101 Å². The maximum Gasteiger partial charge on any atom is 0.273 e.